The van der Waals surface area contributed by atoms with Gasteiger partial charge in [-0.15, -0.1) is 0 Å². The van der Waals surface area contributed by atoms with E-state index in [0.717, 1.165) is 12.1 Å². The molecule has 0 aromatic heterocycles. The minimum Gasteiger partial charge on any atom is -0.379 e. The molecular formula is C15H14F2N2O2. The Morgan fingerprint density at radius 2 is 1.86 bits per heavy atom. The van der Waals surface area contributed by atoms with Crippen LogP contribution in [0.5, 0.6) is 0 Å². The fourth-order valence-electron chi connectivity index (χ4n) is 2.07. The molecule has 2 aromatic rings. The summed E-state index contributed by atoms with van der Waals surface area (Å²) in [6.45, 7) is 3.44. The molecule has 2 aromatic carbocycles. The Balaban J connectivity index is 2.19. The first-order chi connectivity index (χ1) is 9.88. The maximum Gasteiger partial charge on any atom is 0.272 e. The topological polar surface area (TPSA) is 55.2 Å². The van der Waals surface area contributed by atoms with Gasteiger partial charge in [0.1, 0.15) is 0 Å². The average molecular weight is 292 g/mol. The van der Waals surface area contributed by atoms with Gasteiger partial charge in [-0.3, -0.25) is 10.1 Å². The maximum atomic E-state index is 13.2. The van der Waals surface area contributed by atoms with Gasteiger partial charge in [0.15, 0.2) is 11.6 Å². The molecule has 21 heavy (non-hydrogen) atoms. The summed E-state index contributed by atoms with van der Waals surface area (Å²) >= 11 is 0. The lowest BCUT2D eigenvalue weighted by Crippen LogP contribution is -2.07. The van der Waals surface area contributed by atoms with E-state index in [2.05, 4.69) is 5.32 Å². The number of nitro benzene ring substituents is 1. The molecule has 0 amide bonds. The van der Waals surface area contributed by atoms with Crippen LogP contribution in [0.25, 0.3) is 0 Å². The molecule has 0 saturated carbocycles. The Labute approximate surface area is 120 Å². The number of benzene rings is 2. The van der Waals surface area contributed by atoms with Gasteiger partial charge in [-0.25, -0.2) is 8.78 Å². The first kappa shape index (κ1) is 14.9. The second-order valence-corrected chi connectivity index (χ2v) is 4.80. The van der Waals surface area contributed by atoms with Crippen molar-refractivity contribution in [3.8, 4) is 0 Å². The van der Waals surface area contributed by atoms with Crippen molar-refractivity contribution in [2.24, 2.45) is 0 Å². The quantitative estimate of drug-likeness (QED) is 0.673. The van der Waals surface area contributed by atoms with Crippen molar-refractivity contribution in [3.05, 3.63) is 69.3 Å². The summed E-state index contributed by atoms with van der Waals surface area (Å²) in [4.78, 5) is 10.3. The molecule has 0 heterocycles. The van der Waals surface area contributed by atoms with Crippen molar-refractivity contribution in [2.45, 2.75) is 19.9 Å². The lowest BCUT2D eigenvalue weighted by Gasteiger charge is -2.16. The number of hydrogen-bond donors (Lipinski definition) is 1. The number of rotatable bonds is 4. The van der Waals surface area contributed by atoms with E-state index in [1.54, 1.807) is 26.0 Å². The first-order valence-corrected chi connectivity index (χ1v) is 6.35. The highest BCUT2D eigenvalue weighted by Crippen LogP contribution is 2.25. The van der Waals surface area contributed by atoms with E-state index in [-0.39, 0.29) is 11.7 Å². The Morgan fingerprint density at radius 1 is 1.14 bits per heavy atom. The van der Waals surface area contributed by atoms with Gasteiger partial charge in [-0.2, -0.15) is 0 Å². The van der Waals surface area contributed by atoms with Crippen molar-refractivity contribution >= 4 is 11.4 Å². The Morgan fingerprint density at radius 3 is 2.43 bits per heavy atom. The van der Waals surface area contributed by atoms with Crippen LogP contribution in [0.4, 0.5) is 20.2 Å². The van der Waals surface area contributed by atoms with Crippen LogP contribution in [-0.2, 0) is 0 Å². The highest BCUT2D eigenvalue weighted by atomic mass is 19.2. The van der Waals surface area contributed by atoms with Crippen molar-refractivity contribution in [1.29, 1.82) is 0 Å². The SMILES string of the molecule is Cc1cc(NC(C)c2ccc(F)c(F)c2)ccc1[N+](=O)[O-]. The van der Waals surface area contributed by atoms with Crippen molar-refractivity contribution < 1.29 is 13.7 Å². The molecule has 1 N–H and O–H groups in total. The Hall–Kier alpha value is -2.50. The Kier molecular flexibility index (Phi) is 4.16. The summed E-state index contributed by atoms with van der Waals surface area (Å²) < 4.78 is 26.1. The molecule has 1 unspecified atom stereocenters. The molecule has 0 spiro atoms. The number of nitro groups is 1. The summed E-state index contributed by atoms with van der Waals surface area (Å²) in [5.74, 6) is -1.79. The fraction of sp³-hybridized carbons (Fsp3) is 0.200. The second-order valence-electron chi connectivity index (χ2n) is 4.80. The van der Waals surface area contributed by atoms with Crippen molar-refractivity contribution in [3.63, 3.8) is 0 Å². The summed E-state index contributed by atoms with van der Waals surface area (Å²) in [6.07, 6.45) is 0. The molecule has 0 saturated heterocycles. The third-order valence-electron chi connectivity index (χ3n) is 3.22. The van der Waals surface area contributed by atoms with Crippen LogP contribution in [0.15, 0.2) is 36.4 Å². The molecule has 0 radical (unpaired) electrons. The van der Waals surface area contributed by atoms with Crippen LogP contribution in [0.2, 0.25) is 0 Å². The van der Waals surface area contributed by atoms with Gasteiger partial charge < -0.3 is 5.32 Å². The predicted molar refractivity (Wildman–Crippen MR) is 76.2 cm³/mol. The number of aryl methyl sites for hydroxylation is 1. The fourth-order valence-corrected chi connectivity index (χ4v) is 2.07. The monoisotopic (exact) mass is 292 g/mol. The average Bonchev–Trinajstić information content (AvgIpc) is 2.41. The normalized spacial score (nSPS) is 12.0. The van der Waals surface area contributed by atoms with Crippen LogP contribution in [0.3, 0.4) is 0 Å². The zero-order chi connectivity index (χ0) is 15.6. The van der Waals surface area contributed by atoms with Gasteiger partial charge in [0.25, 0.3) is 5.69 Å². The smallest absolute Gasteiger partial charge is 0.272 e. The van der Waals surface area contributed by atoms with Gasteiger partial charge in [-0.1, -0.05) is 6.07 Å². The van der Waals surface area contributed by atoms with Gasteiger partial charge in [0.05, 0.1) is 4.92 Å². The lowest BCUT2D eigenvalue weighted by molar-refractivity contribution is -0.385. The highest BCUT2D eigenvalue weighted by molar-refractivity contribution is 5.54. The van der Waals surface area contributed by atoms with E-state index in [4.69, 9.17) is 0 Å². The molecule has 6 heteroatoms. The maximum absolute atomic E-state index is 13.2. The predicted octanol–water partition coefficient (Wildman–Crippen LogP) is 4.35. The van der Waals surface area contributed by atoms with Crippen molar-refractivity contribution in [2.75, 3.05) is 5.32 Å². The molecule has 4 nitrogen and oxygen atoms in total. The minimum atomic E-state index is -0.902. The van der Waals surface area contributed by atoms with E-state index in [1.165, 1.54) is 12.1 Å². The zero-order valence-electron chi connectivity index (χ0n) is 11.6. The highest BCUT2D eigenvalue weighted by Gasteiger charge is 2.13. The molecule has 1 atom stereocenters. The molecular weight excluding hydrogens is 278 g/mol. The summed E-state index contributed by atoms with van der Waals surface area (Å²) in [7, 11) is 0. The largest absolute Gasteiger partial charge is 0.379 e. The minimum absolute atomic E-state index is 0.0426. The van der Waals surface area contributed by atoms with Crippen LogP contribution in [0.1, 0.15) is 24.1 Å². The molecule has 110 valence electrons. The molecule has 0 aliphatic heterocycles. The lowest BCUT2D eigenvalue weighted by atomic mass is 10.1. The third kappa shape index (κ3) is 3.34. The second kappa shape index (κ2) is 5.87. The van der Waals surface area contributed by atoms with Crippen molar-refractivity contribution in [1.82, 2.24) is 0 Å². The van der Waals surface area contributed by atoms with E-state index in [9.17, 15) is 18.9 Å². The van der Waals surface area contributed by atoms with Gasteiger partial charge in [-0.05, 0) is 43.7 Å². The van der Waals surface area contributed by atoms with E-state index < -0.39 is 16.6 Å². The summed E-state index contributed by atoms with van der Waals surface area (Å²) in [5.41, 5.74) is 1.84. The van der Waals surface area contributed by atoms with E-state index in [0.29, 0.717) is 16.8 Å². The molecule has 0 aliphatic carbocycles. The van der Waals surface area contributed by atoms with E-state index >= 15 is 0 Å². The summed E-state index contributed by atoms with van der Waals surface area (Å²) in [6, 6.07) is 8.08. The van der Waals surface area contributed by atoms with Crippen LogP contribution in [-0.4, -0.2) is 4.92 Å². The number of nitrogens with zero attached hydrogens (tertiary/aromatic N) is 1. The standard InChI is InChI=1S/C15H14F2N2O2/c1-9-7-12(4-6-15(9)19(20)21)18-10(2)11-3-5-13(16)14(17)8-11/h3-8,10,18H,1-2H3. The number of anilines is 1. The first-order valence-electron chi connectivity index (χ1n) is 6.35. The van der Waals surface area contributed by atoms with Crippen LogP contribution >= 0.6 is 0 Å². The third-order valence-corrected chi connectivity index (χ3v) is 3.22. The molecule has 0 fully saturated rings. The molecule has 0 bridgehead atoms. The number of hydrogen-bond acceptors (Lipinski definition) is 3. The van der Waals surface area contributed by atoms with Gasteiger partial charge in [0, 0.05) is 23.4 Å². The summed E-state index contributed by atoms with van der Waals surface area (Å²) in [5, 5.41) is 13.9. The van der Waals surface area contributed by atoms with E-state index in [1.807, 2.05) is 0 Å². The van der Waals surface area contributed by atoms with Gasteiger partial charge in [0.2, 0.25) is 0 Å². The van der Waals surface area contributed by atoms with Gasteiger partial charge >= 0.3 is 0 Å². The molecule has 0 aliphatic rings. The van der Waals surface area contributed by atoms with Crippen LogP contribution in [0, 0.1) is 28.7 Å². The number of halogens is 2. The molecule has 2 rings (SSSR count). The van der Waals surface area contributed by atoms with Crippen LogP contribution < -0.4 is 5.32 Å². The zero-order valence-corrected chi connectivity index (χ0v) is 11.6. The number of nitrogens with one attached hydrogen (secondary N) is 1. The Bertz CT molecular complexity index is 689.